The number of benzene rings is 1. The number of rotatable bonds is 5. The summed E-state index contributed by atoms with van der Waals surface area (Å²) in [4.78, 5) is 0. The molecule has 0 aromatic heterocycles. The molecular weight excluding hydrogens is 234 g/mol. The zero-order valence-corrected chi connectivity index (χ0v) is 11.9. The predicted molar refractivity (Wildman–Crippen MR) is 79.7 cm³/mol. The van der Waals surface area contributed by atoms with Gasteiger partial charge in [0.1, 0.15) is 5.75 Å². The van der Waals surface area contributed by atoms with Crippen LogP contribution in [-0.4, -0.2) is 12.6 Å². The van der Waals surface area contributed by atoms with Crippen molar-refractivity contribution in [1.29, 1.82) is 0 Å². The molecule has 1 N–H and O–H groups in total. The standard InChI is InChI=1S/C17H25NO/c1-2-19-17-8-4-7-16(12-17)18-15-6-3-5-14(11-15)13-9-10-13/h4,7-8,12-15,18H,2-3,5-6,9-11H2,1H3. The Bertz CT molecular complexity index is 413. The summed E-state index contributed by atoms with van der Waals surface area (Å²) in [5.41, 5.74) is 1.22. The van der Waals surface area contributed by atoms with Gasteiger partial charge in [0, 0.05) is 17.8 Å². The summed E-state index contributed by atoms with van der Waals surface area (Å²) >= 11 is 0. The maximum absolute atomic E-state index is 5.57. The normalized spacial score (nSPS) is 27.0. The third kappa shape index (κ3) is 3.43. The van der Waals surface area contributed by atoms with E-state index in [0.717, 1.165) is 24.2 Å². The predicted octanol–water partition coefficient (Wildman–Crippen LogP) is 4.47. The van der Waals surface area contributed by atoms with Gasteiger partial charge in [-0.15, -0.1) is 0 Å². The van der Waals surface area contributed by atoms with Crippen molar-refractivity contribution in [3.05, 3.63) is 24.3 Å². The molecule has 19 heavy (non-hydrogen) atoms. The van der Waals surface area contributed by atoms with Gasteiger partial charge in [0.2, 0.25) is 0 Å². The highest BCUT2D eigenvalue weighted by Gasteiger charge is 2.34. The van der Waals surface area contributed by atoms with Gasteiger partial charge in [-0.05, 0) is 56.6 Å². The van der Waals surface area contributed by atoms with E-state index < -0.39 is 0 Å². The molecule has 0 saturated heterocycles. The molecule has 104 valence electrons. The van der Waals surface area contributed by atoms with Crippen molar-refractivity contribution in [3.63, 3.8) is 0 Å². The van der Waals surface area contributed by atoms with Gasteiger partial charge >= 0.3 is 0 Å². The van der Waals surface area contributed by atoms with Crippen LogP contribution in [0.4, 0.5) is 5.69 Å². The molecule has 0 bridgehead atoms. The minimum Gasteiger partial charge on any atom is -0.494 e. The van der Waals surface area contributed by atoms with Crippen molar-refractivity contribution in [2.24, 2.45) is 11.8 Å². The molecule has 0 spiro atoms. The van der Waals surface area contributed by atoms with Gasteiger partial charge in [-0.1, -0.05) is 18.9 Å². The molecule has 1 aromatic rings. The van der Waals surface area contributed by atoms with E-state index in [1.165, 1.54) is 44.2 Å². The van der Waals surface area contributed by atoms with Crippen LogP contribution in [0.3, 0.4) is 0 Å². The van der Waals surface area contributed by atoms with Crippen molar-refractivity contribution in [2.75, 3.05) is 11.9 Å². The number of ether oxygens (including phenoxy) is 1. The van der Waals surface area contributed by atoms with Gasteiger partial charge in [0.05, 0.1) is 6.61 Å². The zero-order chi connectivity index (χ0) is 13.1. The summed E-state index contributed by atoms with van der Waals surface area (Å²) in [6.45, 7) is 2.76. The Labute approximate surface area is 116 Å². The second-order valence-corrected chi connectivity index (χ2v) is 6.07. The van der Waals surface area contributed by atoms with E-state index in [9.17, 15) is 0 Å². The third-order valence-corrected chi connectivity index (χ3v) is 4.52. The molecule has 3 rings (SSSR count). The summed E-state index contributed by atoms with van der Waals surface area (Å²) in [6, 6.07) is 9.06. The Hall–Kier alpha value is -1.18. The van der Waals surface area contributed by atoms with E-state index in [-0.39, 0.29) is 0 Å². The van der Waals surface area contributed by atoms with Crippen molar-refractivity contribution >= 4 is 5.69 Å². The summed E-state index contributed by atoms with van der Waals surface area (Å²) in [6.07, 6.45) is 8.51. The van der Waals surface area contributed by atoms with Crippen LogP contribution in [0.5, 0.6) is 5.75 Å². The van der Waals surface area contributed by atoms with Gasteiger partial charge in [-0.3, -0.25) is 0 Å². The van der Waals surface area contributed by atoms with Crippen LogP contribution < -0.4 is 10.1 Å². The lowest BCUT2D eigenvalue weighted by atomic mass is 9.82. The number of hydrogen-bond acceptors (Lipinski definition) is 2. The van der Waals surface area contributed by atoms with Crippen LogP contribution in [0, 0.1) is 11.8 Å². The first-order valence-electron chi connectivity index (χ1n) is 7.84. The fraction of sp³-hybridized carbons (Fsp3) is 0.647. The van der Waals surface area contributed by atoms with Crippen molar-refractivity contribution < 1.29 is 4.74 Å². The van der Waals surface area contributed by atoms with Crippen LogP contribution in [0.15, 0.2) is 24.3 Å². The molecule has 2 nitrogen and oxygen atoms in total. The van der Waals surface area contributed by atoms with E-state index in [1.54, 1.807) is 0 Å². The lowest BCUT2D eigenvalue weighted by molar-refractivity contribution is 0.303. The van der Waals surface area contributed by atoms with E-state index in [2.05, 4.69) is 23.5 Å². The minimum atomic E-state index is 0.663. The molecule has 2 heteroatoms. The SMILES string of the molecule is CCOc1cccc(NC2CCCC(C3CC3)C2)c1. The summed E-state index contributed by atoms with van der Waals surface area (Å²) < 4.78 is 5.57. The molecule has 2 aliphatic rings. The Balaban J connectivity index is 1.58. The second kappa shape index (κ2) is 5.85. The lowest BCUT2D eigenvalue weighted by Crippen LogP contribution is -2.28. The van der Waals surface area contributed by atoms with Gasteiger partial charge in [-0.2, -0.15) is 0 Å². The van der Waals surface area contributed by atoms with E-state index in [1.807, 2.05) is 13.0 Å². The van der Waals surface area contributed by atoms with Crippen molar-refractivity contribution in [3.8, 4) is 5.75 Å². The second-order valence-electron chi connectivity index (χ2n) is 6.07. The molecule has 0 radical (unpaired) electrons. The molecule has 2 atom stereocenters. The largest absolute Gasteiger partial charge is 0.494 e. The third-order valence-electron chi connectivity index (χ3n) is 4.52. The molecule has 0 amide bonds. The fourth-order valence-corrected chi connectivity index (χ4v) is 3.43. The molecule has 2 aliphatic carbocycles. The van der Waals surface area contributed by atoms with Crippen LogP contribution in [0.2, 0.25) is 0 Å². The molecule has 2 unspecified atom stereocenters. The maximum atomic E-state index is 5.57. The van der Waals surface area contributed by atoms with Gasteiger partial charge in [-0.25, -0.2) is 0 Å². The average Bonchev–Trinajstić information content (AvgIpc) is 3.24. The number of anilines is 1. The molecule has 2 fully saturated rings. The Morgan fingerprint density at radius 3 is 2.84 bits per heavy atom. The topological polar surface area (TPSA) is 21.3 Å². The van der Waals surface area contributed by atoms with E-state index >= 15 is 0 Å². The minimum absolute atomic E-state index is 0.663. The average molecular weight is 259 g/mol. The molecule has 0 aliphatic heterocycles. The quantitative estimate of drug-likeness (QED) is 0.842. The summed E-state index contributed by atoms with van der Waals surface area (Å²) in [5, 5.41) is 3.71. The first kappa shape index (κ1) is 12.8. The van der Waals surface area contributed by atoms with Gasteiger partial charge in [0.15, 0.2) is 0 Å². The smallest absolute Gasteiger partial charge is 0.121 e. The highest BCUT2D eigenvalue weighted by Crippen LogP contribution is 2.44. The van der Waals surface area contributed by atoms with E-state index in [4.69, 9.17) is 4.74 Å². The highest BCUT2D eigenvalue weighted by molar-refractivity contribution is 5.48. The number of nitrogens with one attached hydrogen (secondary N) is 1. The maximum Gasteiger partial charge on any atom is 0.121 e. The van der Waals surface area contributed by atoms with Crippen LogP contribution in [0.1, 0.15) is 45.4 Å². The Kier molecular flexibility index (Phi) is 3.95. The Morgan fingerprint density at radius 1 is 1.16 bits per heavy atom. The fourth-order valence-electron chi connectivity index (χ4n) is 3.43. The van der Waals surface area contributed by atoms with Crippen molar-refractivity contribution in [2.45, 2.75) is 51.5 Å². The van der Waals surface area contributed by atoms with Crippen LogP contribution >= 0.6 is 0 Å². The van der Waals surface area contributed by atoms with Crippen molar-refractivity contribution in [1.82, 2.24) is 0 Å². The van der Waals surface area contributed by atoms with E-state index in [0.29, 0.717) is 6.04 Å². The zero-order valence-electron chi connectivity index (χ0n) is 11.9. The summed E-state index contributed by atoms with van der Waals surface area (Å²) in [7, 11) is 0. The first-order chi connectivity index (χ1) is 9.35. The molecule has 0 heterocycles. The van der Waals surface area contributed by atoms with Gasteiger partial charge < -0.3 is 10.1 Å². The summed E-state index contributed by atoms with van der Waals surface area (Å²) in [5.74, 6) is 3.02. The first-order valence-corrected chi connectivity index (χ1v) is 7.84. The van der Waals surface area contributed by atoms with Gasteiger partial charge in [0.25, 0.3) is 0 Å². The van der Waals surface area contributed by atoms with Crippen LogP contribution in [-0.2, 0) is 0 Å². The molecular formula is C17H25NO. The number of hydrogen-bond donors (Lipinski definition) is 1. The Morgan fingerprint density at radius 2 is 2.05 bits per heavy atom. The molecule has 1 aromatic carbocycles. The monoisotopic (exact) mass is 259 g/mol. The highest BCUT2D eigenvalue weighted by atomic mass is 16.5. The lowest BCUT2D eigenvalue weighted by Gasteiger charge is -2.30. The molecule has 2 saturated carbocycles. The van der Waals surface area contributed by atoms with Crippen LogP contribution in [0.25, 0.3) is 0 Å².